The first kappa shape index (κ1) is 13.1. The maximum atomic E-state index is 12.3. The minimum atomic E-state index is 0.0452. The minimum absolute atomic E-state index is 0.0452. The van der Waals surface area contributed by atoms with Gasteiger partial charge >= 0.3 is 0 Å². The Bertz CT molecular complexity index is 633. The number of amides is 1. The number of carbonyl (C=O) groups excluding carboxylic acids is 1. The molecular formula is C16H18N2O2. The highest BCUT2D eigenvalue weighted by Crippen LogP contribution is 2.24. The van der Waals surface area contributed by atoms with E-state index in [4.69, 9.17) is 4.74 Å². The van der Waals surface area contributed by atoms with Crippen molar-refractivity contribution in [3.8, 4) is 0 Å². The largest absolute Gasteiger partial charge is 0.381 e. The van der Waals surface area contributed by atoms with E-state index in [2.05, 4.69) is 10.3 Å². The Kier molecular flexibility index (Phi) is 3.65. The lowest BCUT2D eigenvalue weighted by atomic mass is 9.99. The van der Waals surface area contributed by atoms with Crippen LogP contribution in [0.25, 0.3) is 10.9 Å². The van der Waals surface area contributed by atoms with Crippen LogP contribution in [0.2, 0.25) is 0 Å². The number of benzene rings is 1. The molecule has 1 aromatic heterocycles. The van der Waals surface area contributed by atoms with E-state index < -0.39 is 0 Å². The van der Waals surface area contributed by atoms with Gasteiger partial charge in [-0.1, -0.05) is 18.2 Å². The number of nitrogens with one attached hydrogen (secondary N) is 1. The standard InChI is InChI=1S/C16H18N2O2/c1-11-5-6-12-3-2-4-14(15(12)17-11)18-16(19)13-7-9-20-10-8-13/h2-6,13H,7-10H2,1H3,(H,18,19). The zero-order valence-electron chi connectivity index (χ0n) is 11.6. The van der Waals surface area contributed by atoms with Crippen molar-refractivity contribution in [3.63, 3.8) is 0 Å². The first-order valence-corrected chi connectivity index (χ1v) is 6.99. The highest BCUT2D eigenvalue weighted by Gasteiger charge is 2.22. The second-order valence-corrected chi connectivity index (χ2v) is 5.21. The molecule has 1 saturated heterocycles. The summed E-state index contributed by atoms with van der Waals surface area (Å²) in [5, 5.41) is 4.07. The molecule has 0 saturated carbocycles. The van der Waals surface area contributed by atoms with Crippen LogP contribution < -0.4 is 5.32 Å². The molecule has 3 rings (SSSR count). The lowest BCUT2D eigenvalue weighted by molar-refractivity contribution is -0.122. The van der Waals surface area contributed by atoms with Crippen LogP contribution in [0.15, 0.2) is 30.3 Å². The van der Waals surface area contributed by atoms with Gasteiger partial charge in [-0.15, -0.1) is 0 Å². The number of rotatable bonds is 2. The number of nitrogens with zero attached hydrogens (tertiary/aromatic N) is 1. The number of carbonyl (C=O) groups is 1. The summed E-state index contributed by atoms with van der Waals surface area (Å²) >= 11 is 0. The van der Waals surface area contributed by atoms with Gasteiger partial charge < -0.3 is 10.1 Å². The van der Waals surface area contributed by atoms with Gasteiger partial charge in [-0.05, 0) is 31.9 Å². The Balaban J connectivity index is 1.86. The van der Waals surface area contributed by atoms with Gasteiger partial charge in [0.2, 0.25) is 5.91 Å². The average molecular weight is 270 g/mol. The van der Waals surface area contributed by atoms with E-state index in [0.717, 1.165) is 35.1 Å². The molecule has 1 fully saturated rings. The molecule has 0 radical (unpaired) electrons. The molecule has 1 N–H and O–H groups in total. The molecular weight excluding hydrogens is 252 g/mol. The molecule has 1 aliphatic heterocycles. The van der Waals surface area contributed by atoms with Crippen molar-refractivity contribution >= 4 is 22.5 Å². The van der Waals surface area contributed by atoms with Crippen LogP contribution in [0.1, 0.15) is 18.5 Å². The van der Waals surface area contributed by atoms with Crippen molar-refractivity contribution in [2.24, 2.45) is 5.92 Å². The number of fused-ring (bicyclic) bond motifs is 1. The number of aryl methyl sites for hydroxylation is 1. The van der Waals surface area contributed by atoms with Gasteiger partial charge in [0.25, 0.3) is 0 Å². The first-order valence-electron chi connectivity index (χ1n) is 6.99. The number of pyridine rings is 1. The van der Waals surface area contributed by atoms with Gasteiger partial charge in [-0.25, -0.2) is 0 Å². The molecule has 0 atom stereocenters. The van der Waals surface area contributed by atoms with Crippen LogP contribution in [-0.4, -0.2) is 24.1 Å². The van der Waals surface area contributed by atoms with E-state index in [0.29, 0.717) is 13.2 Å². The minimum Gasteiger partial charge on any atom is -0.381 e. The van der Waals surface area contributed by atoms with Crippen LogP contribution in [0, 0.1) is 12.8 Å². The van der Waals surface area contributed by atoms with Gasteiger partial charge in [0.15, 0.2) is 0 Å². The number of hydrogen-bond donors (Lipinski definition) is 1. The third-order valence-electron chi connectivity index (χ3n) is 3.71. The van der Waals surface area contributed by atoms with E-state index >= 15 is 0 Å². The molecule has 0 bridgehead atoms. The fourth-order valence-corrected chi connectivity index (χ4v) is 2.54. The Morgan fingerprint density at radius 1 is 1.25 bits per heavy atom. The van der Waals surface area contributed by atoms with Crippen LogP contribution in [0.4, 0.5) is 5.69 Å². The summed E-state index contributed by atoms with van der Waals surface area (Å²) in [4.78, 5) is 16.8. The number of ether oxygens (including phenoxy) is 1. The lowest BCUT2D eigenvalue weighted by Gasteiger charge is -2.21. The van der Waals surface area contributed by atoms with Crippen molar-refractivity contribution in [2.75, 3.05) is 18.5 Å². The molecule has 2 aromatic rings. The fraction of sp³-hybridized carbons (Fsp3) is 0.375. The quantitative estimate of drug-likeness (QED) is 0.913. The van der Waals surface area contributed by atoms with E-state index in [-0.39, 0.29) is 11.8 Å². The Hall–Kier alpha value is -1.94. The normalized spacial score (nSPS) is 16.2. The summed E-state index contributed by atoms with van der Waals surface area (Å²) in [7, 11) is 0. The van der Waals surface area contributed by atoms with Crippen LogP contribution in [0.3, 0.4) is 0 Å². The van der Waals surface area contributed by atoms with E-state index in [1.54, 1.807) is 0 Å². The van der Waals surface area contributed by atoms with Crippen LogP contribution in [0.5, 0.6) is 0 Å². The second-order valence-electron chi connectivity index (χ2n) is 5.21. The van der Waals surface area contributed by atoms with Gasteiger partial charge in [0.1, 0.15) is 0 Å². The molecule has 20 heavy (non-hydrogen) atoms. The molecule has 104 valence electrons. The van der Waals surface area contributed by atoms with Gasteiger partial charge in [-0.2, -0.15) is 0 Å². The van der Waals surface area contributed by atoms with Crippen molar-refractivity contribution < 1.29 is 9.53 Å². The molecule has 4 nitrogen and oxygen atoms in total. The summed E-state index contributed by atoms with van der Waals surface area (Å²) in [6.45, 7) is 3.30. The molecule has 1 amide bonds. The Morgan fingerprint density at radius 2 is 2.05 bits per heavy atom. The number of para-hydroxylation sites is 1. The summed E-state index contributed by atoms with van der Waals surface area (Å²) in [6, 6.07) is 9.87. The molecule has 1 aromatic carbocycles. The van der Waals surface area contributed by atoms with Crippen molar-refractivity contribution in [1.29, 1.82) is 0 Å². The molecule has 0 unspecified atom stereocenters. The summed E-state index contributed by atoms with van der Waals surface area (Å²) in [5.41, 5.74) is 2.60. The highest BCUT2D eigenvalue weighted by atomic mass is 16.5. The maximum absolute atomic E-state index is 12.3. The maximum Gasteiger partial charge on any atom is 0.227 e. The summed E-state index contributed by atoms with van der Waals surface area (Å²) in [6.07, 6.45) is 1.59. The van der Waals surface area contributed by atoms with Crippen molar-refractivity contribution in [1.82, 2.24) is 4.98 Å². The molecule has 0 aliphatic carbocycles. The summed E-state index contributed by atoms with van der Waals surface area (Å²) < 4.78 is 5.29. The topological polar surface area (TPSA) is 51.2 Å². The molecule has 1 aliphatic rings. The predicted octanol–water partition coefficient (Wildman–Crippen LogP) is 2.91. The van der Waals surface area contributed by atoms with Crippen LogP contribution in [-0.2, 0) is 9.53 Å². The van der Waals surface area contributed by atoms with Gasteiger partial charge in [0, 0.05) is 30.2 Å². The number of hydrogen-bond acceptors (Lipinski definition) is 3. The Morgan fingerprint density at radius 3 is 2.85 bits per heavy atom. The predicted molar refractivity (Wildman–Crippen MR) is 78.7 cm³/mol. The zero-order chi connectivity index (χ0) is 13.9. The summed E-state index contributed by atoms with van der Waals surface area (Å²) in [5.74, 6) is 0.118. The highest BCUT2D eigenvalue weighted by molar-refractivity contribution is 6.01. The number of anilines is 1. The van der Waals surface area contributed by atoms with Crippen molar-refractivity contribution in [2.45, 2.75) is 19.8 Å². The van der Waals surface area contributed by atoms with E-state index in [9.17, 15) is 4.79 Å². The zero-order valence-corrected chi connectivity index (χ0v) is 11.6. The van der Waals surface area contributed by atoms with Gasteiger partial charge in [0.05, 0.1) is 11.2 Å². The van der Waals surface area contributed by atoms with Crippen LogP contribution >= 0.6 is 0 Å². The van der Waals surface area contributed by atoms with Crippen molar-refractivity contribution in [3.05, 3.63) is 36.0 Å². The third-order valence-corrected chi connectivity index (χ3v) is 3.71. The number of aromatic nitrogens is 1. The fourth-order valence-electron chi connectivity index (χ4n) is 2.54. The van der Waals surface area contributed by atoms with E-state index in [1.165, 1.54) is 0 Å². The third kappa shape index (κ3) is 2.65. The second kappa shape index (κ2) is 5.59. The Labute approximate surface area is 118 Å². The average Bonchev–Trinajstić information content (AvgIpc) is 2.49. The molecule has 0 spiro atoms. The smallest absolute Gasteiger partial charge is 0.227 e. The monoisotopic (exact) mass is 270 g/mol. The van der Waals surface area contributed by atoms with Gasteiger partial charge in [-0.3, -0.25) is 9.78 Å². The first-order chi connectivity index (χ1) is 9.74. The lowest BCUT2D eigenvalue weighted by Crippen LogP contribution is -2.28. The SMILES string of the molecule is Cc1ccc2cccc(NC(=O)C3CCOCC3)c2n1. The molecule has 4 heteroatoms. The molecule has 2 heterocycles. The van der Waals surface area contributed by atoms with E-state index in [1.807, 2.05) is 37.3 Å².